The van der Waals surface area contributed by atoms with E-state index in [1.54, 1.807) is 25.3 Å². The van der Waals surface area contributed by atoms with Gasteiger partial charge in [-0.25, -0.2) is 9.97 Å². The normalized spacial score (nSPS) is 10.1. The van der Waals surface area contributed by atoms with Gasteiger partial charge in [-0.3, -0.25) is 4.79 Å². The predicted octanol–water partition coefficient (Wildman–Crippen LogP) is 2.49. The maximum Gasteiger partial charge on any atom is 0.243 e. The van der Waals surface area contributed by atoms with Gasteiger partial charge in [0.25, 0.3) is 0 Å². The third-order valence-corrected chi connectivity index (χ3v) is 3.18. The molecule has 0 radical (unpaired) electrons. The molecule has 0 bridgehead atoms. The summed E-state index contributed by atoms with van der Waals surface area (Å²) in [5.41, 5.74) is 0.608. The summed E-state index contributed by atoms with van der Waals surface area (Å²) in [5, 5.41) is 0. The molecule has 0 spiro atoms. The van der Waals surface area contributed by atoms with E-state index in [9.17, 15) is 4.79 Å². The number of methoxy groups -OCH3 is 2. The number of rotatable bonds is 4. The first-order chi connectivity index (χ1) is 9.17. The summed E-state index contributed by atoms with van der Waals surface area (Å²) in [6.45, 7) is 0. The van der Waals surface area contributed by atoms with Gasteiger partial charge in [-0.15, -0.1) is 0 Å². The van der Waals surface area contributed by atoms with Crippen LogP contribution >= 0.6 is 15.9 Å². The lowest BCUT2D eigenvalue weighted by Crippen LogP contribution is -2.08. The minimum Gasteiger partial charge on any atom is -0.497 e. The maximum absolute atomic E-state index is 12.4. The molecule has 0 fully saturated rings. The van der Waals surface area contributed by atoms with Crippen LogP contribution in [0.2, 0.25) is 0 Å². The second kappa shape index (κ2) is 5.79. The van der Waals surface area contributed by atoms with E-state index in [-0.39, 0.29) is 17.4 Å². The Bertz CT molecular complexity index is 617. The first-order valence-electron chi connectivity index (χ1n) is 5.40. The topological polar surface area (TPSA) is 61.3 Å². The Balaban J connectivity index is 2.49. The molecule has 0 saturated carbocycles. The van der Waals surface area contributed by atoms with Crippen LogP contribution < -0.4 is 9.47 Å². The largest absolute Gasteiger partial charge is 0.497 e. The summed E-state index contributed by atoms with van der Waals surface area (Å²) in [6.07, 6.45) is 2.92. The third kappa shape index (κ3) is 2.73. The van der Waals surface area contributed by atoms with Crippen LogP contribution in [0.4, 0.5) is 0 Å². The van der Waals surface area contributed by atoms with Crippen molar-refractivity contribution in [2.24, 2.45) is 0 Å². The van der Waals surface area contributed by atoms with E-state index in [2.05, 4.69) is 25.9 Å². The fourth-order valence-corrected chi connectivity index (χ4v) is 1.99. The number of ether oxygens (including phenoxy) is 2. The van der Waals surface area contributed by atoms with Crippen LogP contribution in [0.25, 0.3) is 0 Å². The van der Waals surface area contributed by atoms with E-state index >= 15 is 0 Å². The summed E-state index contributed by atoms with van der Waals surface area (Å²) in [6, 6.07) is 5.14. The van der Waals surface area contributed by atoms with Crippen molar-refractivity contribution in [2.75, 3.05) is 14.2 Å². The van der Waals surface area contributed by atoms with Crippen molar-refractivity contribution in [3.63, 3.8) is 0 Å². The number of hydrogen-bond acceptors (Lipinski definition) is 5. The summed E-state index contributed by atoms with van der Waals surface area (Å²) in [5.74, 6) is 0.507. The number of carbonyl (C=O) groups excluding carboxylic acids is 1. The Morgan fingerprint density at radius 1 is 1.16 bits per heavy atom. The van der Waals surface area contributed by atoms with Crippen molar-refractivity contribution in [2.45, 2.75) is 0 Å². The molecule has 0 N–H and O–H groups in total. The van der Waals surface area contributed by atoms with Crippen molar-refractivity contribution in [3.8, 4) is 11.6 Å². The van der Waals surface area contributed by atoms with Gasteiger partial charge >= 0.3 is 0 Å². The van der Waals surface area contributed by atoms with Crippen molar-refractivity contribution < 1.29 is 14.3 Å². The quantitative estimate of drug-likeness (QED) is 0.809. The molecule has 2 rings (SSSR count). The zero-order chi connectivity index (χ0) is 13.8. The van der Waals surface area contributed by atoms with Gasteiger partial charge in [0, 0.05) is 22.4 Å². The number of hydrogen-bond donors (Lipinski definition) is 0. The Hall–Kier alpha value is -1.95. The molecular formula is C13H11BrN2O3. The average molecular weight is 323 g/mol. The van der Waals surface area contributed by atoms with Gasteiger partial charge in [0.15, 0.2) is 5.69 Å². The van der Waals surface area contributed by atoms with Gasteiger partial charge in [-0.05, 0) is 18.2 Å². The number of benzene rings is 1. The van der Waals surface area contributed by atoms with Gasteiger partial charge in [-0.1, -0.05) is 15.9 Å². The Morgan fingerprint density at radius 3 is 2.58 bits per heavy atom. The van der Waals surface area contributed by atoms with Crippen molar-refractivity contribution >= 4 is 21.7 Å². The van der Waals surface area contributed by atoms with Crippen molar-refractivity contribution in [1.82, 2.24) is 9.97 Å². The molecule has 0 atom stereocenters. The van der Waals surface area contributed by atoms with Crippen LogP contribution in [0.1, 0.15) is 16.1 Å². The monoisotopic (exact) mass is 322 g/mol. The lowest BCUT2D eigenvalue weighted by molar-refractivity contribution is 0.102. The zero-order valence-corrected chi connectivity index (χ0v) is 12.0. The SMILES string of the molecule is COc1ccc(Br)c(C(=O)c2nccnc2OC)c1. The molecule has 5 nitrogen and oxygen atoms in total. The summed E-state index contributed by atoms with van der Waals surface area (Å²) < 4.78 is 10.8. The molecule has 2 aromatic rings. The minimum atomic E-state index is -0.282. The molecule has 0 aliphatic rings. The van der Waals surface area contributed by atoms with Crippen LogP contribution in [0.5, 0.6) is 11.6 Å². The molecule has 0 unspecified atom stereocenters. The first-order valence-corrected chi connectivity index (χ1v) is 6.20. The molecule has 0 aliphatic carbocycles. The van der Waals surface area contributed by atoms with Gasteiger partial charge in [0.1, 0.15) is 5.75 Å². The van der Waals surface area contributed by atoms with E-state index in [0.717, 1.165) is 0 Å². The fourth-order valence-electron chi connectivity index (χ4n) is 1.56. The highest BCUT2D eigenvalue weighted by Gasteiger charge is 2.19. The molecule has 1 aromatic heterocycles. The van der Waals surface area contributed by atoms with E-state index in [4.69, 9.17) is 9.47 Å². The predicted molar refractivity (Wildman–Crippen MR) is 72.7 cm³/mol. The van der Waals surface area contributed by atoms with E-state index in [1.807, 2.05) is 0 Å². The zero-order valence-electron chi connectivity index (χ0n) is 10.4. The minimum absolute atomic E-state index is 0.166. The molecule has 0 amide bonds. The Kier molecular flexibility index (Phi) is 4.11. The summed E-state index contributed by atoms with van der Waals surface area (Å²) >= 11 is 3.34. The van der Waals surface area contributed by atoms with Crippen molar-refractivity contribution in [3.05, 3.63) is 46.3 Å². The van der Waals surface area contributed by atoms with Crippen LogP contribution in [0.3, 0.4) is 0 Å². The molecule has 0 saturated heterocycles. The van der Waals surface area contributed by atoms with Gasteiger partial charge in [-0.2, -0.15) is 0 Å². The molecular weight excluding hydrogens is 312 g/mol. The van der Waals surface area contributed by atoms with E-state index in [0.29, 0.717) is 15.8 Å². The number of nitrogens with zero attached hydrogens (tertiary/aromatic N) is 2. The number of halogens is 1. The lowest BCUT2D eigenvalue weighted by atomic mass is 10.1. The van der Waals surface area contributed by atoms with E-state index < -0.39 is 0 Å². The fraction of sp³-hybridized carbons (Fsp3) is 0.154. The Labute approximate surface area is 118 Å². The second-order valence-electron chi connectivity index (χ2n) is 3.59. The van der Waals surface area contributed by atoms with Gasteiger partial charge < -0.3 is 9.47 Å². The Morgan fingerprint density at radius 2 is 1.89 bits per heavy atom. The average Bonchev–Trinajstić information content (AvgIpc) is 2.47. The van der Waals surface area contributed by atoms with Gasteiger partial charge in [0.05, 0.1) is 14.2 Å². The van der Waals surface area contributed by atoms with Crippen LogP contribution in [-0.4, -0.2) is 30.0 Å². The van der Waals surface area contributed by atoms with Crippen molar-refractivity contribution in [1.29, 1.82) is 0 Å². The summed E-state index contributed by atoms with van der Waals surface area (Å²) in [7, 11) is 2.99. The third-order valence-electron chi connectivity index (χ3n) is 2.49. The number of ketones is 1. The van der Waals surface area contributed by atoms with E-state index in [1.165, 1.54) is 19.5 Å². The highest BCUT2D eigenvalue weighted by Crippen LogP contribution is 2.26. The molecule has 6 heteroatoms. The second-order valence-corrected chi connectivity index (χ2v) is 4.44. The molecule has 19 heavy (non-hydrogen) atoms. The molecule has 98 valence electrons. The smallest absolute Gasteiger partial charge is 0.243 e. The first kappa shape index (κ1) is 13.5. The maximum atomic E-state index is 12.4. The van der Waals surface area contributed by atoms with Crippen LogP contribution in [0.15, 0.2) is 35.1 Å². The summed E-state index contributed by atoms with van der Waals surface area (Å²) in [4.78, 5) is 20.4. The van der Waals surface area contributed by atoms with Crippen LogP contribution in [-0.2, 0) is 0 Å². The number of carbonyl (C=O) groups is 1. The molecule has 0 aliphatic heterocycles. The highest BCUT2D eigenvalue weighted by molar-refractivity contribution is 9.10. The molecule has 1 heterocycles. The van der Waals surface area contributed by atoms with Gasteiger partial charge in [0.2, 0.25) is 11.7 Å². The standard InChI is InChI=1S/C13H11BrN2O3/c1-18-8-3-4-10(14)9(7-8)12(17)11-13(19-2)16-6-5-15-11/h3-7H,1-2H3. The lowest BCUT2D eigenvalue weighted by Gasteiger charge is -2.08. The number of aromatic nitrogens is 2. The van der Waals surface area contributed by atoms with Crippen LogP contribution in [0, 0.1) is 0 Å². The molecule has 1 aromatic carbocycles. The highest BCUT2D eigenvalue weighted by atomic mass is 79.9.